The minimum absolute atomic E-state index is 0.399. The molecule has 2 rings (SSSR count). The van der Waals surface area contributed by atoms with E-state index in [1.807, 2.05) is 42.6 Å². The Kier molecular flexibility index (Phi) is 5.09. The topological polar surface area (TPSA) is 42.2 Å². The molecular formula is C15H16BrN3S. The Balaban J connectivity index is 2.24. The molecule has 1 aromatic carbocycles. The Morgan fingerprint density at radius 1 is 1.35 bits per heavy atom. The molecule has 0 spiro atoms. The first-order valence-corrected chi connectivity index (χ1v) is 7.56. The average Bonchev–Trinajstić information content (AvgIpc) is 2.45. The molecule has 0 aliphatic heterocycles. The SMILES string of the molecule is CCN(Cc1ccccn1)c1ccc(C(N)=S)c(Br)c1. The van der Waals surface area contributed by atoms with E-state index in [1.54, 1.807) is 0 Å². The van der Waals surface area contributed by atoms with Gasteiger partial charge in [-0.05, 0) is 53.2 Å². The summed E-state index contributed by atoms with van der Waals surface area (Å²) in [6, 6.07) is 12.0. The van der Waals surface area contributed by atoms with Gasteiger partial charge in [0.2, 0.25) is 0 Å². The van der Waals surface area contributed by atoms with Crippen molar-refractivity contribution in [2.45, 2.75) is 13.5 Å². The third-order valence-electron chi connectivity index (χ3n) is 3.04. The van der Waals surface area contributed by atoms with Crippen molar-refractivity contribution in [1.82, 2.24) is 4.98 Å². The molecule has 0 aliphatic carbocycles. The molecule has 0 aliphatic rings. The number of aromatic nitrogens is 1. The standard InChI is InChI=1S/C15H16BrN3S/c1-2-19(10-11-5-3-4-8-18-11)12-6-7-13(15(17)20)14(16)9-12/h3-9H,2,10H2,1H3,(H2,17,20). The first kappa shape index (κ1) is 14.9. The quantitative estimate of drug-likeness (QED) is 0.838. The minimum atomic E-state index is 0.399. The van der Waals surface area contributed by atoms with Crippen molar-refractivity contribution in [3.8, 4) is 0 Å². The molecule has 1 aromatic heterocycles. The Hall–Kier alpha value is -1.46. The predicted octanol–water partition coefficient (Wildman–Crippen LogP) is 3.50. The third-order valence-corrected chi connectivity index (χ3v) is 3.92. The van der Waals surface area contributed by atoms with E-state index in [4.69, 9.17) is 18.0 Å². The summed E-state index contributed by atoms with van der Waals surface area (Å²) in [4.78, 5) is 7.01. The van der Waals surface area contributed by atoms with E-state index in [0.29, 0.717) is 4.99 Å². The number of nitrogens with zero attached hydrogens (tertiary/aromatic N) is 2. The van der Waals surface area contributed by atoms with Gasteiger partial charge in [-0.1, -0.05) is 18.3 Å². The van der Waals surface area contributed by atoms with Crippen molar-refractivity contribution in [2.24, 2.45) is 5.73 Å². The molecule has 0 atom stereocenters. The number of thiocarbonyl (C=S) groups is 1. The first-order valence-electron chi connectivity index (χ1n) is 6.36. The number of nitrogens with two attached hydrogens (primary N) is 1. The van der Waals surface area contributed by atoms with Crippen molar-refractivity contribution in [2.75, 3.05) is 11.4 Å². The van der Waals surface area contributed by atoms with Gasteiger partial charge in [-0.2, -0.15) is 0 Å². The lowest BCUT2D eigenvalue weighted by Crippen LogP contribution is -2.22. The van der Waals surface area contributed by atoms with Crippen molar-refractivity contribution in [1.29, 1.82) is 0 Å². The van der Waals surface area contributed by atoms with Gasteiger partial charge in [0.05, 0.1) is 12.2 Å². The van der Waals surface area contributed by atoms with Crippen LogP contribution in [-0.4, -0.2) is 16.5 Å². The molecule has 0 amide bonds. The Morgan fingerprint density at radius 3 is 2.70 bits per heavy atom. The second-order valence-corrected chi connectivity index (χ2v) is 5.66. The zero-order valence-electron chi connectivity index (χ0n) is 11.2. The molecule has 0 saturated heterocycles. The Labute approximate surface area is 132 Å². The molecule has 0 bridgehead atoms. The van der Waals surface area contributed by atoms with Crippen LogP contribution in [0.2, 0.25) is 0 Å². The van der Waals surface area contributed by atoms with Crippen LogP contribution in [0.15, 0.2) is 47.1 Å². The molecule has 0 radical (unpaired) electrons. The smallest absolute Gasteiger partial charge is 0.105 e. The lowest BCUT2D eigenvalue weighted by molar-refractivity contribution is 0.809. The summed E-state index contributed by atoms with van der Waals surface area (Å²) in [5, 5.41) is 0. The monoisotopic (exact) mass is 349 g/mol. The maximum Gasteiger partial charge on any atom is 0.105 e. The lowest BCUT2D eigenvalue weighted by atomic mass is 10.2. The molecule has 3 nitrogen and oxygen atoms in total. The number of rotatable bonds is 5. The van der Waals surface area contributed by atoms with E-state index in [1.165, 1.54) is 0 Å². The lowest BCUT2D eigenvalue weighted by Gasteiger charge is -2.23. The number of benzene rings is 1. The van der Waals surface area contributed by atoms with Gasteiger partial charge in [0.25, 0.3) is 0 Å². The van der Waals surface area contributed by atoms with Gasteiger partial charge >= 0.3 is 0 Å². The van der Waals surface area contributed by atoms with Gasteiger partial charge in [0, 0.05) is 28.5 Å². The Morgan fingerprint density at radius 2 is 2.15 bits per heavy atom. The van der Waals surface area contributed by atoms with Crippen molar-refractivity contribution >= 4 is 38.8 Å². The highest BCUT2D eigenvalue weighted by molar-refractivity contribution is 9.10. The van der Waals surface area contributed by atoms with Gasteiger partial charge in [0.15, 0.2) is 0 Å². The van der Waals surface area contributed by atoms with Gasteiger partial charge in [-0.25, -0.2) is 0 Å². The molecule has 20 heavy (non-hydrogen) atoms. The number of hydrogen-bond donors (Lipinski definition) is 1. The number of anilines is 1. The van der Waals surface area contributed by atoms with E-state index < -0.39 is 0 Å². The summed E-state index contributed by atoms with van der Waals surface area (Å²) in [6.45, 7) is 3.80. The van der Waals surface area contributed by atoms with Crippen LogP contribution in [0, 0.1) is 0 Å². The molecule has 0 saturated carbocycles. The zero-order valence-corrected chi connectivity index (χ0v) is 13.6. The van der Waals surface area contributed by atoms with Gasteiger partial charge in [-0.15, -0.1) is 0 Å². The van der Waals surface area contributed by atoms with E-state index in [0.717, 1.165) is 34.5 Å². The molecular weight excluding hydrogens is 334 g/mol. The third kappa shape index (κ3) is 3.55. The van der Waals surface area contributed by atoms with Crippen LogP contribution in [0.4, 0.5) is 5.69 Å². The molecule has 0 fully saturated rings. The maximum absolute atomic E-state index is 5.67. The summed E-state index contributed by atoms with van der Waals surface area (Å²) in [5.74, 6) is 0. The van der Waals surface area contributed by atoms with Crippen molar-refractivity contribution in [3.63, 3.8) is 0 Å². The van der Waals surface area contributed by atoms with Crippen LogP contribution in [-0.2, 0) is 6.54 Å². The van der Waals surface area contributed by atoms with Crippen molar-refractivity contribution < 1.29 is 0 Å². The van der Waals surface area contributed by atoms with Crippen LogP contribution in [0.1, 0.15) is 18.2 Å². The predicted molar refractivity (Wildman–Crippen MR) is 91.0 cm³/mol. The van der Waals surface area contributed by atoms with Crippen LogP contribution in [0.25, 0.3) is 0 Å². The average molecular weight is 350 g/mol. The minimum Gasteiger partial charge on any atom is -0.389 e. The first-order chi connectivity index (χ1) is 9.61. The maximum atomic E-state index is 5.67. The largest absolute Gasteiger partial charge is 0.389 e. The molecule has 0 unspecified atom stereocenters. The van der Waals surface area contributed by atoms with Crippen LogP contribution in [0.3, 0.4) is 0 Å². The molecule has 104 valence electrons. The summed E-state index contributed by atoms with van der Waals surface area (Å²) in [5.41, 5.74) is 8.69. The normalized spacial score (nSPS) is 10.3. The highest BCUT2D eigenvalue weighted by Gasteiger charge is 2.09. The Bertz CT molecular complexity index is 601. The number of halogens is 1. The van der Waals surface area contributed by atoms with Gasteiger partial charge < -0.3 is 10.6 Å². The van der Waals surface area contributed by atoms with E-state index in [-0.39, 0.29) is 0 Å². The molecule has 2 N–H and O–H groups in total. The van der Waals surface area contributed by atoms with Crippen LogP contribution >= 0.6 is 28.1 Å². The summed E-state index contributed by atoms with van der Waals surface area (Å²) < 4.78 is 0.918. The molecule has 5 heteroatoms. The summed E-state index contributed by atoms with van der Waals surface area (Å²) in [7, 11) is 0. The summed E-state index contributed by atoms with van der Waals surface area (Å²) >= 11 is 8.54. The second-order valence-electron chi connectivity index (χ2n) is 4.36. The molecule has 2 aromatic rings. The summed E-state index contributed by atoms with van der Waals surface area (Å²) in [6.07, 6.45) is 1.81. The molecule has 1 heterocycles. The fraction of sp³-hybridized carbons (Fsp3) is 0.200. The van der Waals surface area contributed by atoms with Gasteiger partial charge in [0.1, 0.15) is 4.99 Å². The van der Waals surface area contributed by atoms with Gasteiger partial charge in [-0.3, -0.25) is 4.98 Å². The van der Waals surface area contributed by atoms with E-state index in [2.05, 4.69) is 32.7 Å². The highest BCUT2D eigenvalue weighted by atomic mass is 79.9. The van der Waals surface area contributed by atoms with E-state index in [9.17, 15) is 0 Å². The van der Waals surface area contributed by atoms with Crippen molar-refractivity contribution in [3.05, 3.63) is 58.3 Å². The fourth-order valence-corrected chi connectivity index (χ4v) is 2.86. The fourth-order valence-electron chi connectivity index (χ4n) is 1.97. The number of hydrogen-bond acceptors (Lipinski definition) is 3. The number of pyridine rings is 1. The van der Waals surface area contributed by atoms with E-state index >= 15 is 0 Å². The zero-order chi connectivity index (χ0) is 14.5. The highest BCUT2D eigenvalue weighted by Crippen LogP contribution is 2.25. The van der Waals surface area contributed by atoms with Crippen LogP contribution in [0.5, 0.6) is 0 Å². The second kappa shape index (κ2) is 6.81. The van der Waals surface area contributed by atoms with Crippen LogP contribution < -0.4 is 10.6 Å².